The first kappa shape index (κ1) is 12.2. The summed E-state index contributed by atoms with van der Waals surface area (Å²) in [6.07, 6.45) is 4.11. The number of H-pyrrole nitrogens is 1. The second kappa shape index (κ2) is 4.91. The lowest BCUT2D eigenvalue weighted by molar-refractivity contribution is 0.948. The van der Waals surface area contributed by atoms with E-state index in [0.29, 0.717) is 21.6 Å². The number of nitrogens with zero attached hydrogens (tertiary/aromatic N) is 3. The number of rotatable bonds is 2. The number of nitrogens with one attached hydrogen (secondary N) is 1. The van der Waals surface area contributed by atoms with E-state index < -0.39 is 0 Å². The van der Waals surface area contributed by atoms with Crippen LogP contribution in [0.3, 0.4) is 0 Å². The van der Waals surface area contributed by atoms with Crippen molar-refractivity contribution in [3.05, 3.63) is 37.6 Å². The van der Waals surface area contributed by atoms with E-state index in [1.54, 1.807) is 12.4 Å². The third-order valence-corrected chi connectivity index (χ3v) is 3.37. The first-order valence-corrected chi connectivity index (χ1v) is 6.27. The molecule has 0 saturated carbocycles. The van der Waals surface area contributed by atoms with Crippen LogP contribution < -0.4 is 5.56 Å². The molecule has 1 N–H and O–H groups in total. The van der Waals surface area contributed by atoms with Gasteiger partial charge in [0.25, 0.3) is 5.56 Å². The molecule has 0 saturated heterocycles. The average molecular weight is 342 g/mol. The summed E-state index contributed by atoms with van der Waals surface area (Å²) in [5.41, 5.74) is 1.60. The first-order chi connectivity index (χ1) is 8.11. The van der Waals surface area contributed by atoms with Crippen LogP contribution in [0.4, 0.5) is 0 Å². The van der Waals surface area contributed by atoms with Crippen LogP contribution in [0.15, 0.2) is 17.2 Å². The van der Waals surface area contributed by atoms with Crippen LogP contribution in [-0.2, 0) is 6.42 Å². The molecule has 0 fully saturated rings. The zero-order valence-corrected chi connectivity index (χ0v) is 11.6. The summed E-state index contributed by atoms with van der Waals surface area (Å²) < 4.78 is 0.626. The third kappa shape index (κ3) is 2.51. The summed E-state index contributed by atoms with van der Waals surface area (Å²) in [4.78, 5) is 27.0. The molecule has 0 bridgehead atoms. The van der Waals surface area contributed by atoms with E-state index >= 15 is 0 Å². The highest BCUT2D eigenvalue weighted by molar-refractivity contribution is 14.1. The molecule has 6 heteroatoms. The first-order valence-electron chi connectivity index (χ1n) is 5.19. The minimum absolute atomic E-state index is 0.142. The van der Waals surface area contributed by atoms with Gasteiger partial charge in [0.1, 0.15) is 0 Å². The largest absolute Gasteiger partial charge is 0.303 e. The Morgan fingerprint density at radius 1 is 1.35 bits per heavy atom. The standard InChI is InChI=1S/C11H11IN4O/c1-3-7-8(12)11(17)16-10(15-7)9-13-4-6(2)5-14-9/h4-5H,3H2,1-2H3,(H,15,16,17). The Morgan fingerprint density at radius 2 is 2.00 bits per heavy atom. The van der Waals surface area contributed by atoms with Gasteiger partial charge in [0.15, 0.2) is 11.6 Å². The highest BCUT2D eigenvalue weighted by Crippen LogP contribution is 2.11. The lowest BCUT2D eigenvalue weighted by Gasteiger charge is -2.03. The summed E-state index contributed by atoms with van der Waals surface area (Å²) in [6.45, 7) is 3.87. The van der Waals surface area contributed by atoms with Gasteiger partial charge in [0.05, 0.1) is 9.26 Å². The molecule has 2 aromatic heterocycles. The summed E-state index contributed by atoms with van der Waals surface area (Å²) >= 11 is 2.00. The fourth-order valence-corrected chi connectivity index (χ4v) is 2.00. The van der Waals surface area contributed by atoms with Gasteiger partial charge in [-0.25, -0.2) is 15.0 Å². The van der Waals surface area contributed by atoms with Crippen molar-refractivity contribution >= 4 is 22.6 Å². The van der Waals surface area contributed by atoms with Gasteiger partial charge >= 0.3 is 0 Å². The predicted molar refractivity (Wildman–Crippen MR) is 72.7 cm³/mol. The lowest BCUT2D eigenvalue weighted by atomic mass is 10.3. The Hall–Kier alpha value is -1.31. The monoisotopic (exact) mass is 342 g/mol. The van der Waals surface area contributed by atoms with E-state index in [4.69, 9.17) is 0 Å². The molecule has 0 aliphatic heterocycles. The Kier molecular flexibility index (Phi) is 3.51. The number of halogens is 1. The summed E-state index contributed by atoms with van der Waals surface area (Å²) in [7, 11) is 0. The number of aryl methyl sites for hydroxylation is 2. The maximum Gasteiger partial charge on any atom is 0.264 e. The van der Waals surface area contributed by atoms with Crippen molar-refractivity contribution in [2.75, 3.05) is 0 Å². The highest BCUT2D eigenvalue weighted by atomic mass is 127. The molecule has 0 amide bonds. The van der Waals surface area contributed by atoms with Gasteiger partial charge in [-0.3, -0.25) is 4.79 Å². The van der Waals surface area contributed by atoms with Crippen molar-refractivity contribution < 1.29 is 0 Å². The smallest absolute Gasteiger partial charge is 0.264 e. The van der Waals surface area contributed by atoms with Crippen LogP contribution in [0.2, 0.25) is 0 Å². The summed E-state index contributed by atoms with van der Waals surface area (Å²) in [5, 5.41) is 0. The maximum absolute atomic E-state index is 11.7. The van der Waals surface area contributed by atoms with Gasteiger partial charge in [-0.15, -0.1) is 0 Å². The van der Waals surface area contributed by atoms with E-state index in [1.807, 2.05) is 36.4 Å². The van der Waals surface area contributed by atoms with Crippen molar-refractivity contribution in [3.8, 4) is 11.6 Å². The number of hydrogen-bond donors (Lipinski definition) is 1. The van der Waals surface area contributed by atoms with Crippen LogP contribution in [0, 0.1) is 10.5 Å². The van der Waals surface area contributed by atoms with Gasteiger partial charge in [0, 0.05) is 12.4 Å². The quantitative estimate of drug-likeness (QED) is 0.844. The van der Waals surface area contributed by atoms with Gasteiger partial charge in [-0.2, -0.15) is 0 Å². The predicted octanol–water partition coefficient (Wildman–Crippen LogP) is 1.70. The van der Waals surface area contributed by atoms with E-state index in [2.05, 4.69) is 19.9 Å². The van der Waals surface area contributed by atoms with E-state index in [-0.39, 0.29) is 5.56 Å². The Morgan fingerprint density at radius 3 is 2.59 bits per heavy atom. The molecule has 2 aromatic rings. The van der Waals surface area contributed by atoms with E-state index in [1.165, 1.54) is 0 Å². The fraction of sp³-hybridized carbons (Fsp3) is 0.273. The summed E-state index contributed by atoms with van der Waals surface area (Å²) in [5.74, 6) is 0.867. The molecule has 0 atom stereocenters. The third-order valence-electron chi connectivity index (χ3n) is 2.26. The van der Waals surface area contributed by atoms with E-state index in [9.17, 15) is 4.79 Å². The number of aromatic nitrogens is 4. The molecule has 2 heterocycles. The SMILES string of the molecule is CCc1nc(-c2ncc(C)cn2)[nH]c(=O)c1I. The van der Waals surface area contributed by atoms with Gasteiger partial charge in [0.2, 0.25) is 0 Å². The molecular weight excluding hydrogens is 331 g/mol. The molecular formula is C11H11IN4O. The molecule has 0 aromatic carbocycles. The van der Waals surface area contributed by atoms with Crippen molar-refractivity contribution in [2.45, 2.75) is 20.3 Å². The van der Waals surface area contributed by atoms with Crippen molar-refractivity contribution in [2.24, 2.45) is 0 Å². The zero-order chi connectivity index (χ0) is 12.4. The second-order valence-corrected chi connectivity index (χ2v) is 4.69. The molecule has 0 aliphatic rings. The molecule has 0 unspecified atom stereocenters. The topological polar surface area (TPSA) is 71.5 Å². The fourth-order valence-electron chi connectivity index (χ4n) is 1.36. The van der Waals surface area contributed by atoms with Gasteiger partial charge in [-0.05, 0) is 41.5 Å². The van der Waals surface area contributed by atoms with Crippen LogP contribution in [0.25, 0.3) is 11.6 Å². The number of aromatic amines is 1. The normalized spacial score (nSPS) is 10.5. The van der Waals surface area contributed by atoms with Crippen molar-refractivity contribution in [3.63, 3.8) is 0 Å². The second-order valence-electron chi connectivity index (χ2n) is 3.61. The van der Waals surface area contributed by atoms with Crippen LogP contribution >= 0.6 is 22.6 Å². The van der Waals surface area contributed by atoms with Gasteiger partial charge < -0.3 is 4.98 Å². The van der Waals surface area contributed by atoms with Crippen molar-refractivity contribution in [1.29, 1.82) is 0 Å². The van der Waals surface area contributed by atoms with Gasteiger partial charge in [-0.1, -0.05) is 6.92 Å². The zero-order valence-electron chi connectivity index (χ0n) is 9.49. The maximum atomic E-state index is 11.7. The summed E-state index contributed by atoms with van der Waals surface area (Å²) in [6, 6.07) is 0. The Balaban J connectivity index is 2.56. The van der Waals surface area contributed by atoms with E-state index in [0.717, 1.165) is 11.3 Å². The highest BCUT2D eigenvalue weighted by Gasteiger charge is 2.10. The van der Waals surface area contributed by atoms with Crippen LogP contribution in [0.5, 0.6) is 0 Å². The van der Waals surface area contributed by atoms with Crippen LogP contribution in [0.1, 0.15) is 18.2 Å². The molecule has 88 valence electrons. The molecule has 5 nitrogen and oxygen atoms in total. The molecule has 17 heavy (non-hydrogen) atoms. The Bertz CT molecular complexity index is 591. The molecule has 0 radical (unpaired) electrons. The number of hydrogen-bond acceptors (Lipinski definition) is 4. The van der Waals surface area contributed by atoms with Crippen molar-refractivity contribution in [1.82, 2.24) is 19.9 Å². The van der Waals surface area contributed by atoms with Crippen LogP contribution in [-0.4, -0.2) is 19.9 Å². The Labute approximate surface area is 112 Å². The lowest BCUT2D eigenvalue weighted by Crippen LogP contribution is -2.16. The molecule has 2 rings (SSSR count). The minimum atomic E-state index is -0.142. The molecule has 0 spiro atoms. The average Bonchev–Trinajstić information content (AvgIpc) is 2.33. The minimum Gasteiger partial charge on any atom is -0.303 e. The molecule has 0 aliphatic carbocycles.